The molecule has 5 rings (SSSR count). The van der Waals surface area contributed by atoms with Gasteiger partial charge in [0, 0.05) is 11.7 Å². The molecule has 1 aromatic carbocycles. The molecule has 4 aliphatic rings. The van der Waals surface area contributed by atoms with E-state index in [9.17, 15) is 4.79 Å². The van der Waals surface area contributed by atoms with E-state index >= 15 is 0 Å². The van der Waals surface area contributed by atoms with Gasteiger partial charge in [0.1, 0.15) is 0 Å². The van der Waals surface area contributed by atoms with Gasteiger partial charge in [-0.2, -0.15) is 0 Å². The monoisotopic (exact) mass is 368 g/mol. The molecular weight excluding hydrogens is 332 g/mol. The van der Waals surface area contributed by atoms with Crippen molar-refractivity contribution in [3.05, 3.63) is 28.8 Å². The fraction of sp³-hybridized carbons (Fsp3) is 0.708. The standard InChI is InChI=1S/C24H36N2O/c1-14-6-15(2)22(16(3)7-14)26-23(27)17(4)25-18(5)24-11-19-8-20(12-24)10-21(9-19)13-24/h6-7,17-21,25H,8-13H2,1-5H3,(H,26,27)/t17-,18-,19?,20?,21?,24?/m1/s1. The van der Waals surface area contributed by atoms with Crippen molar-refractivity contribution in [1.82, 2.24) is 5.32 Å². The lowest BCUT2D eigenvalue weighted by molar-refractivity contribution is -0.119. The molecule has 3 nitrogen and oxygen atoms in total. The fourth-order valence-corrected chi connectivity index (χ4v) is 6.94. The summed E-state index contributed by atoms with van der Waals surface area (Å²) in [4.78, 5) is 12.9. The maximum atomic E-state index is 12.9. The number of aryl methyl sites for hydroxylation is 3. The maximum absolute atomic E-state index is 12.9. The van der Waals surface area contributed by atoms with E-state index in [-0.39, 0.29) is 11.9 Å². The highest BCUT2D eigenvalue weighted by atomic mass is 16.2. The van der Waals surface area contributed by atoms with E-state index in [1.54, 1.807) is 0 Å². The summed E-state index contributed by atoms with van der Waals surface area (Å²) in [6, 6.07) is 4.51. The summed E-state index contributed by atoms with van der Waals surface area (Å²) < 4.78 is 0. The average molecular weight is 369 g/mol. The van der Waals surface area contributed by atoms with Crippen LogP contribution < -0.4 is 10.6 Å². The third-order valence-corrected chi connectivity index (χ3v) is 7.82. The van der Waals surface area contributed by atoms with Gasteiger partial charge < -0.3 is 10.6 Å². The summed E-state index contributed by atoms with van der Waals surface area (Å²) in [6.45, 7) is 10.6. The molecule has 4 bridgehead atoms. The van der Waals surface area contributed by atoms with Crippen LogP contribution in [0.5, 0.6) is 0 Å². The van der Waals surface area contributed by atoms with Crippen LogP contribution in [0, 0.1) is 43.9 Å². The van der Waals surface area contributed by atoms with Crippen LogP contribution in [0.4, 0.5) is 5.69 Å². The summed E-state index contributed by atoms with van der Waals surface area (Å²) in [5.74, 6) is 2.93. The van der Waals surface area contributed by atoms with Gasteiger partial charge in [-0.1, -0.05) is 17.7 Å². The topological polar surface area (TPSA) is 41.1 Å². The van der Waals surface area contributed by atoms with Crippen LogP contribution in [0.2, 0.25) is 0 Å². The minimum atomic E-state index is -0.173. The van der Waals surface area contributed by atoms with Gasteiger partial charge in [-0.05, 0) is 107 Å². The molecule has 4 fully saturated rings. The molecule has 148 valence electrons. The Kier molecular flexibility index (Phi) is 4.86. The lowest BCUT2D eigenvalue weighted by Crippen LogP contribution is -2.57. The number of hydrogen-bond donors (Lipinski definition) is 2. The summed E-state index contributed by atoms with van der Waals surface area (Å²) >= 11 is 0. The Hall–Kier alpha value is -1.35. The first-order valence-corrected chi connectivity index (χ1v) is 10.9. The summed E-state index contributed by atoms with van der Waals surface area (Å²) in [5, 5.41) is 6.88. The number of carbonyl (C=O) groups is 1. The second-order valence-electron chi connectivity index (χ2n) is 10.2. The Morgan fingerprint density at radius 2 is 1.44 bits per heavy atom. The van der Waals surface area contributed by atoms with Crippen molar-refractivity contribution in [2.45, 2.75) is 85.2 Å². The predicted molar refractivity (Wildman–Crippen MR) is 112 cm³/mol. The molecule has 1 amide bonds. The smallest absolute Gasteiger partial charge is 0.241 e. The van der Waals surface area contributed by atoms with Crippen molar-refractivity contribution in [2.75, 3.05) is 5.32 Å². The van der Waals surface area contributed by atoms with Crippen molar-refractivity contribution in [3.8, 4) is 0 Å². The van der Waals surface area contributed by atoms with Crippen molar-refractivity contribution >= 4 is 11.6 Å². The van der Waals surface area contributed by atoms with E-state index in [0.29, 0.717) is 11.5 Å². The van der Waals surface area contributed by atoms with Crippen molar-refractivity contribution in [2.24, 2.45) is 23.2 Å². The Bertz CT molecular complexity index is 680. The van der Waals surface area contributed by atoms with Gasteiger partial charge in [0.25, 0.3) is 0 Å². The lowest BCUT2D eigenvalue weighted by Gasteiger charge is -2.59. The highest BCUT2D eigenvalue weighted by Gasteiger charge is 2.53. The minimum Gasteiger partial charge on any atom is -0.324 e. The van der Waals surface area contributed by atoms with Crippen LogP contribution in [0.15, 0.2) is 12.1 Å². The zero-order valence-corrected chi connectivity index (χ0v) is 17.7. The molecular formula is C24H36N2O. The van der Waals surface area contributed by atoms with Gasteiger partial charge >= 0.3 is 0 Å². The molecule has 2 N–H and O–H groups in total. The number of benzene rings is 1. The SMILES string of the molecule is Cc1cc(C)c(NC(=O)[C@@H](C)N[C@H](C)C23CC4CC(CC(C4)C2)C3)c(C)c1. The van der Waals surface area contributed by atoms with E-state index in [2.05, 4.69) is 50.5 Å². The molecule has 4 saturated carbocycles. The number of amides is 1. The first kappa shape index (κ1) is 19.0. The largest absolute Gasteiger partial charge is 0.324 e. The Morgan fingerprint density at radius 3 is 1.93 bits per heavy atom. The summed E-state index contributed by atoms with van der Waals surface area (Å²) in [7, 11) is 0. The number of hydrogen-bond acceptors (Lipinski definition) is 2. The number of rotatable bonds is 5. The zero-order valence-electron chi connectivity index (χ0n) is 17.7. The molecule has 0 radical (unpaired) electrons. The highest BCUT2D eigenvalue weighted by Crippen LogP contribution is 2.61. The number of nitrogens with one attached hydrogen (secondary N) is 2. The molecule has 0 heterocycles. The van der Waals surface area contributed by atoms with E-state index < -0.39 is 0 Å². The summed E-state index contributed by atoms with van der Waals surface area (Å²) in [6.07, 6.45) is 8.52. The Balaban J connectivity index is 1.42. The quantitative estimate of drug-likeness (QED) is 0.756. The van der Waals surface area contributed by atoms with E-state index in [0.717, 1.165) is 34.6 Å². The van der Waals surface area contributed by atoms with E-state index in [1.165, 1.54) is 44.1 Å². The second-order valence-corrected chi connectivity index (χ2v) is 10.2. The molecule has 2 atom stereocenters. The lowest BCUT2D eigenvalue weighted by atomic mass is 9.48. The van der Waals surface area contributed by atoms with Gasteiger partial charge in [0.2, 0.25) is 5.91 Å². The van der Waals surface area contributed by atoms with Crippen molar-refractivity contribution in [1.29, 1.82) is 0 Å². The fourth-order valence-electron chi connectivity index (χ4n) is 6.94. The molecule has 4 aliphatic carbocycles. The Morgan fingerprint density at radius 1 is 0.963 bits per heavy atom. The van der Waals surface area contributed by atoms with Crippen LogP contribution in [0.25, 0.3) is 0 Å². The van der Waals surface area contributed by atoms with Crippen LogP contribution in [-0.2, 0) is 4.79 Å². The summed E-state index contributed by atoms with van der Waals surface area (Å²) in [5.41, 5.74) is 4.93. The first-order valence-electron chi connectivity index (χ1n) is 10.9. The van der Waals surface area contributed by atoms with E-state index in [4.69, 9.17) is 0 Å². The molecule has 0 aliphatic heterocycles. The molecule has 1 aromatic rings. The zero-order chi connectivity index (χ0) is 19.3. The molecule has 0 aromatic heterocycles. The van der Waals surface area contributed by atoms with Crippen LogP contribution in [0.1, 0.15) is 69.1 Å². The van der Waals surface area contributed by atoms with Gasteiger partial charge in [-0.25, -0.2) is 0 Å². The first-order chi connectivity index (χ1) is 12.8. The van der Waals surface area contributed by atoms with Crippen LogP contribution in [-0.4, -0.2) is 18.0 Å². The Labute approximate surface area is 164 Å². The predicted octanol–water partition coefficient (Wildman–Crippen LogP) is 5.13. The maximum Gasteiger partial charge on any atom is 0.241 e. The molecule has 0 saturated heterocycles. The van der Waals surface area contributed by atoms with Gasteiger partial charge in [0.05, 0.1) is 6.04 Å². The van der Waals surface area contributed by atoms with E-state index in [1.807, 2.05) is 6.92 Å². The van der Waals surface area contributed by atoms with Crippen LogP contribution in [0.3, 0.4) is 0 Å². The molecule has 3 heteroatoms. The average Bonchev–Trinajstić information content (AvgIpc) is 2.56. The van der Waals surface area contributed by atoms with Crippen LogP contribution >= 0.6 is 0 Å². The minimum absolute atomic E-state index is 0.0848. The molecule has 0 spiro atoms. The third kappa shape index (κ3) is 3.55. The molecule has 0 unspecified atom stereocenters. The number of anilines is 1. The van der Waals surface area contributed by atoms with Gasteiger partial charge in [-0.15, -0.1) is 0 Å². The highest BCUT2D eigenvalue weighted by molar-refractivity contribution is 5.96. The van der Waals surface area contributed by atoms with Crippen molar-refractivity contribution < 1.29 is 4.79 Å². The number of carbonyl (C=O) groups excluding carboxylic acids is 1. The van der Waals surface area contributed by atoms with Gasteiger partial charge in [0.15, 0.2) is 0 Å². The second kappa shape index (κ2) is 6.92. The normalized spacial score (nSPS) is 33.7. The van der Waals surface area contributed by atoms with Gasteiger partial charge in [-0.3, -0.25) is 4.79 Å². The third-order valence-electron chi connectivity index (χ3n) is 7.82. The van der Waals surface area contributed by atoms with Crippen molar-refractivity contribution in [3.63, 3.8) is 0 Å². The molecule has 27 heavy (non-hydrogen) atoms.